The van der Waals surface area contributed by atoms with Crippen LogP contribution < -0.4 is 10.2 Å². The van der Waals surface area contributed by atoms with Gasteiger partial charge in [0.25, 0.3) is 0 Å². The smallest absolute Gasteiger partial charge is 0.319 e. The third kappa shape index (κ3) is 4.67. The van der Waals surface area contributed by atoms with Gasteiger partial charge in [0.1, 0.15) is 0 Å². The van der Waals surface area contributed by atoms with Crippen LogP contribution in [-0.2, 0) is 6.54 Å². The highest BCUT2D eigenvalue weighted by molar-refractivity contribution is 5.47. The zero-order valence-electron chi connectivity index (χ0n) is 11.7. The van der Waals surface area contributed by atoms with Crippen LogP contribution in [-0.4, -0.2) is 32.0 Å². The molecular formula is C14H20F4N2. The van der Waals surface area contributed by atoms with Crippen LogP contribution in [0.5, 0.6) is 0 Å². The Labute approximate surface area is 116 Å². The maximum Gasteiger partial charge on any atom is 0.319 e. The standard InChI is InChI=1S/C14H20F4N2/c1-3-20(4-2)12-7-5-11(6-8-12)9-19-10-14(17,18)13(15)16/h5-8,13,19H,3-4,9-10H2,1-2H3. The van der Waals surface area contributed by atoms with Crippen molar-refractivity contribution in [1.82, 2.24) is 5.32 Å². The number of hydrogen-bond donors (Lipinski definition) is 1. The number of rotatable bonds is 8. The van der Waals surface area contributed by atoms with Crippen molar-refractivity contribution in [3.05, 3.63) is 29.8 Å². The lowest BCUT2D eigenvalue weighted by molar-refractivity contribution is -0.125. The Morgan fingerprint density at radius 2 is 1.65 bits per heavy atom. The maximum atomic E-state index is 12.7. The van der Waals surface area contributed by atoms with Gasteiger partial charge >= 0.3 is 12.3 Å². The van der Waals surface area contributed by atoms with Crippen LogP contribution in [0.2, 0.25) is 0 Å². The van der Waals surface area contributed by atoms with E-state index in [2.05, 4.69) is 10.2 Å². The van der Waals surface area contributed by atoms with E-state index in [-0.39, 0.29) is 6.54 Å². The first-order chi connectivity index (χ1) is 9.40. The van der Waals surface area contributed by atoms with E-state index in [0.717, 1.165) is 24.3 Å². The number of benzene rings is 1. The highest BCUT2D eigenvalue weighted by Gasteiger charge is 2.39. The molecule has 1 N–H and O–H groups in total. The minimum atomic E-state index is -3.98. The fourth-order valence-electron chi connectivity index (χ4n) is 1.86. The molecule has 0 atom stereocenters. The van der Waals surface area contributed by atoms with E-state index in [1.165, 1.54) is 0 Å². The molecule has 0 aliphatic carbocycles. The van der Waals surface area contributed by atoms with Crippen molar-refractivity contribution in [3.8, 4) is 0 Å². The second-order valence-electron chi connectivity index (χ2n) is 4.50. The topological polar surface area (TPSA) is 15.3 Å². The number of halogens is 4. The summed E-state index contributed by atoms with van der Waals surface area (Å²) in [5.41, 5.74) is 1.84. The Morgan fingerprint density at radius 3 is 2.10 bits per heavy atom. The molecule has 20 heavy (non-hydrogen) atoms. The van der Waals surface area contributed by atoms with Crippen molar-refractivity contribution in [1.29, 1.82) is 0 Å². The van der Waals surface area contributed by atoms with Crippen molar-refractivity contribution in [2.45, 2.75) is 32.7 Å². The van der Waals surface area contributed by atoms with Gasteiger partial charge < -0.3 is 10.2 Å². The summed E-state index contributed by atoms with van der Waals surface area (Å²) in [5, 5.41) is 2.36. The van der Waals surface area contributed by atoms with Crippen LogP contribution in [0.1, 0.15) is 19.4 Å². The van der Waals surface area contributed by atoms with Crippen molar-refractivity contribution >= 4 is 5.69 Å². The van der Waals surface area contributed by atoms with Gasteiger partial charge in [0.2, 0.25) is 0 Å². The molecule has 0 radical (unpaired) electrons. The second kappa shape index (κ2) is 7.47. The minimum absolute atomic E-state index is 0.140. The van der Waals surface area contributed by atoms with Gasteiger partial charge in [-0.3, -0.25) is 0 Å². The molecular weight excluding hydrogens is 272 g/mol. The maximum absolute atomic E-state index is 12.7. The Kier molecular flexibility index (Phi) is 6.26. The number of nitrogens with one attached hydrogen (secondary N) is 1. The molecule has 0 bridgehead atoms. The molecule has 2 nitrogen and oxygen atoms in total. The molecule has 0 aliphatic rings. The summed E-state index contributed by atoms with van der Waals surface area (Å²) in [6.45, 7) is 4.98. The Bertz CT molecular complexity index is 389. The fraction of sp³-hybridized carbons (Fsp3) is 0.571. The number of anilines is 1. The zero-order valence-corrected chi connectivity index (χ0v) is 11.7. The lowest BCUT2D eigenvalue weighted by atomic mass is 10.2. The van der Waals surface area contributed by atoms with E-state index < -0.39 is 18.9 Å². The number of nitrogens with zero attached hydrogens (tertiary/aromatic N) is 1. The monoisotopic (exact) mass is 292 g/mol. The molecule has 0 saturated heterocycles. The molecule has 1 rings (SSSR count). The van der Waals surface area contributed by atoms with Crippen LogP contribution in [0.15, 0.2) is 24.3 Å². The van der Waals surface area contributed by atoms with E-state index in [1.54, 1.807) is 12.1 Å². The van der Waals surface area contributed by atoms with Crippen LogP contribution in [0.3, 0.4) is 0 Å². The highest BCUT2D eigenvalue weighted by Crippen LogP contribution is 2.21. The average Bonchev–Trinajstić information content (AvgIpc) is 2.41. The molecule has 6 heteroatoms. The van der Waals surface area contributed by atoms with E-state index in [4.69, 9.17) is 0 Å². The minimum Gasteiger partial charge on any atom is -0.372 e. The van der Waals surface area contributed by atoms with Gasteiger partial charge in [-0.15, -0.1) is 0 Å². The molecule has 0 aliphatic heterocycles. The lowest BCUT2D eigenvalue weighted by Crippen LogP contribution is -2.38. The summed E-state index contributed by atoms with van der Waals surface area (Å²) in [5.74, 6) is -3.98. The van der Waals surface area contributed by atoms with Gasteiger partial charge in [-0.1, -0.05) is 12.1 Å². The van der Waals surface area contributed by atoms with Gasteiger partial charge in [0.15, 0.2) is 0 Å². The van der Waals surface area contributed by atoms with Crippen LogP contribution in [0, 0.1) is 0 Å². The summed E-state index contributed by atoms with van der Waals surface area (Å²) in [6, 6.07) is 7.41. The van der Waals surface area contributed by atoms with Gasteiger partial charge in [-0.2, -0.15) is 8.78 Å². The molecule has 0 heterocycles. The lowest BCUT2D eigenvalue weighted by Gasteiger charge is -2.21. The first kappa shape index (κ1) is 16.8. The van der Waals surface area contributed by atoms with Crippen LogP contribution >= 0.6 is 0 Å². The van der Waals surface area contributed by atoms with E-state index in [0.29, 0.717) is 0 Å². The Hall–Kier alpha value is -1.30. The summed E-state index contributed by atoms with van der Waals surface area (Å²) in [6.07, 6.45) is -3.64. The zero-order chi connectivity index (χ0) is 15.2. The van der Waals surface area contributed by atoms with E-state index >= 15 is 0 Å². The first-order valence-corrected chi connectivity index (χ1v) is 6.61. The van der Waals surface area contributed by atoms with E-state index in [9.17, 15) is 17.6 Å². The first-order valence-electron chi connectivity index (χ1n) is 6.61. The van der Waals surface area contributed by atoms with Gasteiger partial charge in [-0.05, 0) is 31.5 Å². The molecule has 114 valence electrons. The van der Waals surface area contributed by atoms with Crippen molar-refractivity contribution < 1.29 is 17.6 Å². The third-order valence-electron chi connectivity index (χ3n) is 3.07. The predicted octanol–water partition coefficient (Wildman–Crippen LogP) is 3.52. The van der Waals surface area contributed by atoms with Crippen molar-refractivity contribution in [2.24, 2.45) is 0 Å². The van der Waals surface area contributed by atoms with Crippen LogP contribution in [0.25, 0.3) is 0 Å². The van der Waals surface area contributed by atoms with Gasteiger partial charge in [-0.25, -0.2) is 8.78 Å². The summed E-state index contributed by atoms with van der Waals surface area (Å²) >= 11 is 0. The molecule has 0 spiro atoms. The van der Waals surface area contributed by atoms with Gasteiger partial charge in [0, 0.05) is 25.3 Å². The molecule has 0 fully saturated rings. The molecule has 0 unspecified atom stereocenters. The summed E-state index contributed by atoms with van der Waals surface area (Å²) in [7, 11) is 0. The normalized spacial score (nSPS) is 11.9. The third-order valence-corrected chi connectivity index (χ3v) is 3.07. The number of hydrogen-bond acceptors (Lipinski definition) is 2. The summed E-state index contributed by atoms with van der Waals surface area (Å²) < 4.78 is 49.3. The SMILES string of the molecule is CCN(CC)c1ccc(CNCC(F)(F)C(F)F)cc1. The fourth-order valence-corrected chi connectivity index (χ4v) is 1.86. The molecule has 0 aromatic heterocycles. The molecule has 1 aromatic rings. The van der Waals surface area contributed by atoms with Crippen molar-refractivity contribution in [2.75, 3.05) is 24.5 Å². The summed E-state index contributed by atoms with van der Waals surface area (Å²) in [4.78, 5) is 2.15. The largest absolute Gasteiger partial charge is 0.372 e. The van der Waals surface area contributed by atoms with Crippen LogP contribution in [0.4, 0.5) is 23.2 Å². The Balaban J connectivity index is 2.50. The van der Waals surface area contributed by atoms with Crippen molar-refractivity contribution in [3.63, 3.8) is 0 Å². The Morgan fingerprint density at radius 1 is 1.10 bits per heavy atom. The average molecular weight is 292 g/mol. The highest BCUT2D eigenvalue weighted by atomic mass is 19.3. The van der Waals surface area contributed by atoms with E-state index in [1.807, 2.05) is 26.0 Å². The second-order valence-corrected chi connectivity index (χ2v) is 4.50. The number of alkyl halides is 4. The van der Waals surface area contributed by atoms with Gasteiger partial charge in [0.05, 0.1) is 6.54 Å². The predicted molar refractivity (Wildman–Crippen MR) is 72.7 cm³/mol. The molecule has 0 saturated carbocycles. The quantitative estimate of drug-likeness (QED) is 0.737. The molecule has 1 aromatic carbocycles. The molecule has 0 amide bonds.